The number of nitrogens with one attached hydrogen (secondary N) is 2. The minimum atomic E-state index is -0.140. The molecule has 6 heteroatoms. The second-order valence-electron chi connectivity index (χ2n) is 5.01. The first kappa shape index (κ1) is 13.1. The minimum Gasteiger partial charge on any atom is -0.497 e. The van der Waals surface area contributed by atoms with Crippen molar-refractivity contribution in [2.45, 2.75) is 6.04 Å². The maximum atomic E-state index is 12.1. The molecule has 0 saturated carbocycles. The Labute approximate surface area is 130 Å². The standard InChI is InChI=1S/C16H13N3O2S/c1-21-10-6-4-9(5-7-10)13-12-14(11-3-2-8-22-11)17-16(20)15(12)19-18-13/h2-8,14H,1H3,(H,17,20)(H,18,19)/t14-/m0/s1. The van der Waals surface area contributed by atoms with Gasteiger partial charge in [0, 0.05) is 16.0 Å². The third kappa shape index (κ3) is 1.92. The average Bonchev–Trinajstić information content (AvgIpc) is 3.26. The monoisotopic (exact) mass is 311 g/mol. The van der Waals surface area contributed by atoms with E-state index in [1.54, 1.807) is 18.4 Å². The number of nitrogens with zero attached hydrogens (tertiary/aromatic N) is 1. The van der Waals surface area contributed by atoms with Crippen molar-refractivity contribution >= 4 is 17.2 Å². The van der Waals surface area contributed by atoms with Gasteiger partial charge >= 0.3 is 0 Å². The number of aromatic nitrogens is 2. The van der Waals surface area contributed by atoms with Crippen molar-refractivity contribution in [1.29, 1.82) is 0 Å². The van der Waals surface area contributed by atoms with Gasteiger partial charge in [0.1, 0.15) is 11.4 Å². The number of hydrogen-bond acceptors (Lipinski definition) is 4. The van der Waals surface area contributed by atoms with Crippen molar-refractivity contribution < 1.29 is 9.53 Å². The van der Waals surface area contributed by atoms with E-state index >= 15 is 0 Å². The van der Waals surface area contributed by atoms with Crippen molar-refractivity contribution in [2.24, 2.45) is 0 Å². The van der Waals surface area contributed by atoms with Crippen LogP contribution in [0.2, 0.25) is 0 Å². The van der Waals surface area contributed by atoms with Gasteiger partial charge in [-0.05, 0) is 35.7 Å². The molecule has 0 spiro atoms. The molecule has 1 aliphatic heterocycles. The summed E-state index contributed by atoms with van der Waals surface area (Å²) in [4.78, 5) is 13.2. The Balaban J connectivity index is 1.82. The van der Waals surface area contributed by atoms with Gasteiger partial charge in [-0.3, -0.25) is 9.89 Å². The second-order valence-corrected chi connectivity index (χ2v) is 5.99. The van der Waals surface area contributed by atoms with E-state index in [0.29, 0.717) is 5.69 Å². The Hall–Kier alpha value is -2.60. The number of amides is 1. The van der Waals surface area contributed by atoms with Crippen LogP contribution in [-0.2, 0) is 0 Å². The first-order valence-electron chi connectivity index (χ1n) is 6.85. The van der Waals surface area contributed by atoms with E-state index in [4.69, 9.17) is 4.74 Å². The summed E-state index contributed by atoms with van der Waals surface area (Å²) in [6, 6.07) is 11.5. The normalized spacial score (nSPS) is 16.4. The Morgan fingerprint density at radius 2 is 2.05 bits per heavy atom. The van der Waals surface area contributed by atoms with E-state index in [-0.39, 0.29) is 11.9 Å². The van der Waals surface area contributed by atoms with Crippen molar-refractivity contribution in [2.75, 3.05) is 7.11 Å². The van der Waals surface area contributed by atoms with Gasteiger partial charge in [-0.15, -0.1) is 11.3 Å². The van der Waals surface area contributed by atoms with Crippen LogP contribution < -0.4 is 10.1 Å². The summed E-state index contributed by atoms with van der Waals surface area (Å²) in [7, 11) is 1.64. The fourth-order valence-corrected chi connectivity index (χ4v) is 3.50. The first-order chi connectivity index (χ1) is 10.8. The number of hydrogen-bond donors (Lipinski definition) is 2. The Kier molecular flexibility index (Phi) is 2.97. The van der Waals surface area contributed by atoms with Crippen LogP contribution in [0.25, 0.3) is 11.3 Å². The van der Waals surface area contributed by atoms with Gasteiger partial charge in [-0.25, -0.2) is 0 Å². The molecule has 1 aromatic carbocycles. The molecule has 0 bridgehead atoms. The molecule has 2 N–H and O–H groups in total. The van der Waals surface area contributed by atoms with Gasteiger partial charge in [0.15, 0.2) is 0 Å². The number of rotatable bonds is 3. The van der Waals surface area contributed by atoms with Crippen molar-refractivity contribution in [3.63, 3.8) is 0 Å². The predicted molar refractivity (Wildman–Crippen MR) is 84.2 cm³/mol. The lowest BCUT2D eigenvalue weighted by atomic mass is 10.0. The Bertz CT molecular complexity index is 822. The number of ether oxygens (including phenoxy) is 1. The Morgan fingerprint density at radius 3 is 2.73 bits per heavy atom. The van der Waals surface area contributed by atoms with Crippen LogP contribution in [0.1, 0.15) is 27.0 Å². The molecule has 4 rings (SSSR count). The molecule has 0 aliphatic carbocycles. The van der Waals surface area contributed by atoms with Gasteiger partial charge in [-0.1, -0.05) is 6.07 Å². The largest absolute Gasteiger partial charge is 0.497 e. The summed E-state index contributed by atoms with van der Waals surface area (Å²) in [5, 5.41) is 12.2. The molecule has 22 heavy (non-hydrogen) atoms. The van der Waals surface area contributed by atoms with Crippen molar-refractivity contribution in [3.8, 4) is 17.0 Å². The lowest BCUT2D eigenvalue weighted by Crippen LogP contribution is -2.20. The molecule has 0 unspecified atom stereocenters. The summed E-state index contributed by atoms with van der Waals surface area (Å²) in [6.45, 7) is 0. The number of methoxy groups -OCH3 is 1. The van der Waals surface area contributed by atoms with Gasteiger partial charge in [-0.2, -0.15) is 5.10 Å². The highest BCUT2D eigenvalue weighted by Gasteiger charge is 2.35. The summed E-state index contributed by atoms with van der Waals surface area (Å²) < 4.78 is 5.18. The third-order valence-electron chi connectivity index (χ3n) is 3.79. The zero-order valence-electron chi connectivity index (χ0n) is 11.8. The zero-order valence-corrected chi connectivity index (χ0v) is 12.6. The number of aromatic amines is 1. The molecule has 0 saturated heterocycles. The van der Waals surface area contributed by atoms with Gasteiger partial charge in [0.25, 0.3) is 5.91 Å². The van der Waals surface area contributed by atoms with Crippen molar-refractivity contribution in [1.82, 2.24) is 15.5 Å². The number of H-pyrrole nitrogens is 1. The molecule has 1 aliphatic rings. The van der Waals surface area contributed by atoms with E-state index in [9.17, 15) is 4.79 Å². The maximum absolute atomic E-state index is 12.1. The molecule has 0 radical (unpaired) electrons. The van der Waals surface area contributed by atoms with Crippen molar-refractivity contribution in [3.05, 3.63) is 57.9 Å². The molecular formula is C16H13N3O2S. The SMILES string of the molecule is COc1ccc(-c2n[nH]c3c2[C@H](c2cccs2)NC3=O)cc1. The molecule has 3 aromatic rings. The van der Waals surface area contributed by atoms with Gasteiger partial charge in [0.2, 0.25) is 0 Å². The predicted octanol–water partition coefficient (Wildman–Crippen LogP) is 2.98. The third-order valence-corrected chi connectivity index (χ3v) is 4.72. The topological polar surface area (TPSA) is 67.0 Å². The smallest absolute Gasteiger partial charge is 0.270 e. The number of carbonyl (C=O) groups is 1. The zero-order chi connectivity index (χ0) is 15.1. The van der Waals surface area contributed by atoms with Crippen LogP contribution >= 0.6 is 11.3 Å². The summed E-state index contributed by atoms with van der Waals surface area (Å²) in [6.07, 6.45) is 0. The lowest BCUT2D eigenvalue weighted by molar-refractivity contribution is 0.0956. The van der Waals surface area contributed by atoms with Gasteiger partial charge < -0.3 is 10.1 Å². The van der Waals surface area contributed by atoms with Crippen LogP contribution in [0, 0.1) is 0 Å². The molecular weight excluding hydrogens is 298 g/mol. The van der Waals surface area contributed by atoms with E-state index < -0.39 is 0 Å². The molecule has 3 heterocycles. The van der Waals surface area contributed by atoms with E-state index in [0.717, 1.165) is 27.4 Å². The lowest BCUT2D eigenvalue weighted by Gasteiger charge is -2.11. The number of benzene rings is 1. The van der Waals surface area contributed by atoms with E-state index in [2.05, 4.69) is 15.5 Å². The molecule has 110 valence electrons. The number of fused-ring (bicyclic) bond motifs is 1. The first-order valence-corrected chi connectivity index (χ1v) is 7.73. The number of thiophene rings is 1. The van der Waals surface area contributed by atoms with E-state index in [1.165, 1.54) is 0 Å². The number of carbonyl (C=O) groups excluding carboxylic acids is 1. The average molecular weight is 311 g/mol. The van der Waals surface area contributed by atoms with Gasteiger partial charge in [0.05, 0.1) is 18.8 Å². The quantitative estimate of drug-likeness (QED) is 0.781. The van der Waals surface area contributed by atoms with Crippen LogP contribution in [0.15, 0.2) is 41.8 Å². The highest BCUT2D eigenvalue weighted by atomic mass is 32.1. The highest BCUT2D eigenvalue weighted by molar-refractivity contribution is 7.10. The van der Waals surface area contributed by atoms with Crippen LogP contribution in [0.5, 0.6) is 5.75 Å². The molecule has 1 amide bonds. The molecule has 5 nitrogen and oxygen atoms in total. The summed E-state index contributed by atoms with van der Waals surface area (Å²) in [5.41, 5.74) is 3.22. The second kappa shape index (κ2) is 4.99. The summed E-state index contributed by atoms with van der Waals surface area (Å²) in [5.74, 6) is 0.681. The molecule has 0 fully saturated rings. The fraction of sp³-hybridized carbons (Fsp3) is 0.125. The van der Waals surface area contributed by atoms with Crippen LogP contribution in [0.3, 0.4) is 0 Å². The van der Waals surface area contributed by atoms with Crippen LogP contribution in [0.4, 0.5) is 0 Å². The maximum Gasteiger partial charge on any atom is 0.270 e. The minimum absolute atomic E-state index is 0.110. The summed E-state index contributed by atoms with van der Waals surface area (Å²) >= 11 is 1.62. The Morgan fingerprint density at radius 1 is 1.23 bits per heavy atom. The highest BCUT2D eigenvalue weighted by Crippen LogP contribution is 2.38. The molecule has 1 atom stereocenters. The van der Waals surface area contributed by atoms with Crippen LogP contribution in [-0.4, -0.2) is 23.2 Å². The molecule has 2 aromatic heterocycles. The van der Waals surface area contributed by atoms with E-state index in [1.807, 2.05) is 41.8 Å². The fourth-order valence-electron chi connectivity index (χ4n) is 2.72.